The maximum atomic E-state index is 8.81. The Kier molecular flexibility index (Phi) is 3.16. The molecule has 0 heterocycles. The summed E-state index contributed by atoms with van der Waals surface area (Å²) in [4.78, 5) is 0. The van der Waals surface area contributed by atoms with Gasteiger partial charge in [0.1, 0.15) is 0 Å². The van der Waals surface area contributed by atoms with Crippen LogP contribution in [-0.4, -0.2) is 24.4 Å². The third-order valence-electron chi connectivity index (χ3n) is 1.73. The summed E-state index contributed by atoms with van der Waals surface area (Å²) in [6.45, 7) is 3.07. The predicted octanol–water partition coefficient (Wildman–Crippen LogP) is 1.18. The van der Waals surface area contributed by atoms with Crippen molar-refractivity contribution in [2.75, 3.05) is 13.2 Å². The van der Waals surface area contributed by atoms with Gasteiger partial charge in [0.2, 0.25) is 0 Å². The van der Waals surface area contributed by atoms with Gasteiger partial charge < -0.3 is 9.84 Å². The van der Waals surface area contributed by atoms with Gasteiger partial charge in [-0.2, -0.15) is 0 Å². The Labute approximate surface area is 62.2 Å². The van der Waals surface area contributed by atoms with Crippen LogP contribution in [0.3, 0.4) is 0 Å². The first-order valence-corrected chi connectivity index (χ1v) is 4.05. The highest BCUT2D eigenvalue weighted by molar-refractivity contribution is 4.72. The van der Waals surface area contributed by atoms with Gasteiger partial charge in [-0.25, -0.2) is 0 Å². The Morgan fingerprint density at radius 2 is 2.30 bits per heavy atom. The minimum Gasteiger partial charge on any atom is -0.391 e. The molecule has 0 aliphatic heterocycles. The summed E-state index contributed by atoms with van der Waals surface area (Å²) in [6, 6.07) is 0. The smallest absolute Gasteiger partial charge is 0.0745 e. The van der Waals surface area contributed by atoms with Crippen molar-refractivity contribution in [1.82, 2.24) is 0 Å². The van der Waals surface area contributed by atoms with Crippen LogP contribution >= 0.6 is 0 Å². The minimum atomic E-state index is -0.306. The highest BCUT2D eigenvalue weighted by atomic mass is 16.5. The monoisotopic (exact) mass is 144 g/mol. The van der Waals surface area contributed by atoms with Crippen LogP contribution in [0.1, 0.15) is 26.2 Å². The maximum absolute atomic E-state index is 8.81. The number of aliphatic hydroxyl groups excluding tert-OH is 1. The average molecular weight is 144 g/mol. The van der Waals surface area contributed by atoms with E-state index >= 15 is 0 Å². The summed E-state index contributed by atoms with van der Waals surface area (Å²) < 4.78 is 5.20. The zero-order valence-corrected chi connectivity index (χ0v) is 6.55. The van der Waals surface area contributed by atoms with Gasteiger partial charge in [-0.15, -0.1) is 0 Å². The molecule has 1 saturated carbocycles. The van der Waals surface area contributed by atoms with E-state index < -0.39 is 0 Å². The van der Waals surface area contributed by atoms with E-state index in [-0.39, 0.29) is 6.10 Å². The van der Waals surface area contributed by atoms with E-state index in [2.05, 4.69) is 0 Å². The molecule has 1 atom stereocenters. The number of hydrogen-bond acceptors (Lipinski definition) is 2. The van der Waals surface area contributed by atoms with Gasteiger partial charge in [-0.1, -0.05) is 12.8 Å². The fourth-order valence-electron chi connectivity index (χ4n) is 0.910. The molecule has 0 aromatic carbocycles. The minimum absolute atomic E-state index is 0.306. The van der Waals surface area contributed by atoms with Gasteiger partial charge in [0.05, 0.1) is 12.7 Å². The number of ether oxygens (including phenoxy) is 1. The average Bonchev–Trinajstić information content (AvgIpc) is 2.62. The Morgan fingerprint density at radius 1 is 1.60 bits per heavy atom. The predicted molar refractivity (Wildman–Crippen MR) is 39.8 cm³/mol. The Hall–Kier alpha value is -0.0800. The van der Waals surface area contributed by atoms with Crippen molar-refractivity contribution < 1.29 is 9.84 Å². The molecule has 0 unspecified atom stereocenters. The first-order chi connectivity index (χ1) is 4.79. The van der Waals surface area contributed by atoms with E-state index in [0.717, 1.165) is 12.5 Å². The lowest BCUT2D eigenvalue weighted by Gasteiger charge is -2.04. The van der Waals surface area contributed by atoms with E-state index in [1.165, 1.54) is 19.3 Å². The fourth-order valence-corrected chi connectivity index (χ4v) is 0.910. The van der Waals surface area contributed by atoms with Crippen LogP contribution in [0, 0.1) is 5.92 Å². The van der Waals surface area contributed by atoms with Crippen molar-refractivity contribution in [2.45, 2.75) is 32.3 Å². The van der Waals surface area contributed by atoms with Crippen LogP contribution in [0.5, 0.6) is 0 Å². The summed E-state index contributed by atoms with van der Waals surface area (Å²) in [7, 11) is 0. The highest BCUT2D eigenvalue weighted by Crippen LogP contribution is 2.31. The normalized spacial score (nSPS) is 21.0. The van der Waals surface area contributed by atoms with Crippen LogP contribution in [0.4, 0.5) is 0 Å². The van der Waals surface area contributed by atoms with E-state index in [1.807, 2.05) is 0 Å². The fraction of sp³-hybridized carbons (Fsp3) is 1.00. The van der Waals surface area contributed by atoms with Gasteiger partial charge in [0.25, 0.3) is 0 Å². The molecular weight excluding hydrogens is 128 g/mol. The van der Waals surface area contributed by atoms with E-state index in [0.29, 0.717) is 6.61 Å². The molecular formula is C8H16O2. The summed E-state index contributed by atoms with van der Waals surface area (Å²) >= 11 is 0. The van der Waals surface area contributed by atoms with Gasteiger partial charge >= 0.3 is 0 Å². The first kappa shape index (κ1) is 8.02. The lowest BCUT2D eigenvalue weighted by atomic mass is 10.3. The first-order valence-electron chi connectivity index (χ1n) is 4.05. The van der Waals surface area contributed by atoms with Crippen LogP contribution < -0.4 is 0 Å². The summed E-state index contributed by atoms with van der Waals surface area (Å²) in [6.07, 6.45) is 3.65. The quantitative estimate of drug-likeness (QED) is 0.587. The SMILES string of the molecule is C[C@@H](O)COCCC1CC1. The molecule has 0 aromatic heterocycles. The van der Waals surface area contributed by atoms with Crippen molar-refractivity contribution in [3.05, 3.63) is 0 Å². The summed E-state index contributed by atoms with van der Waals surface area (Å²) in [5.41, 5.74) is 0. The molecule has 1 N–H and O–H groups in total. The third kappa shape index (κ3) is 3.85. The van der Waals surface area contributed by atoms with Gasteiger partial charge in [0, 0.05) is 6.61 Å². The highest BCUT2D eigenvalue weighted by Gasteiger charge is 2.20. The second-order valence-corrected chi connectivity index (χ2v) is 3.16. The molecule has 0 spiro atoms. The molecule has 0 radical (unpaired) electrons. The Balaban J connectivity index is 1.76. The molecule has 0 saturated heterocycles. The standard InChI is InChI=1S/C8H16O2/c1-7(9)6-10-5-4-8-2-3-8/h7-9H,2-6H2,1H3/t7-/m1/s1. The second kappa shape index (κ2) is 3.94. The molecule has 0 bridgehead atoms. The second-order valence-electron chi connectivity index (χ2n) is 3.16. The van der Waals surface area contributed by atoms with Crippen LogP contribution in [-0.2, 0) is 4.74 Å². The summed E-state index contributed by atoms with van der Waals surface area (Å²) in [5, 5.41) is 8.81. The molecule has 1 rings (SSSR count). The zero-order valence-electron chi connectivity index (χ0n) is 6.55. The lowest BCUT2D eigenvalue weighted by Crippen LogP contribution is -2.11. The van der Waals surface area contributed by atoms with Crippen LogP contribution in [0.15, 0.2) is 0 Å². The molecule has 10 heavy (non-hydrogen) atoms. The van der Waals surface area contributed by atoms with Crippen LogP contribution in [0.2, 0.25) is 0 Å². The third-order valence-corrected chi connectivity index (χ3v) is 1.73. The molecule has 1 aliphatic rings. The lowest BCUT2D eigenvalue weighted by molar-refractivity contribution is 0.0437. The maximum Gasteiger partial charge on any atom is 0.0745 e. The van der Waals surface area contributed by atoms with Crippen molar-refractivity contribution >= 4 is 0 Å². The van der Waals surface area contributed by atoms with Crippen molar-refractivity contribution in [1.29, 1.82) is 0 Å². The van der Waals surface area contributed by atoms with E-state index in [1.54, 1.807) is 6.92 Å². The Morgan fingerprint density at radius 3 is 2.80 bits per heavy atom. The Bertz CT molecular complexity index is 83.3. The summed E-state index contributed by atoms with van der Waals surface area (Å²) in [5.74, 6) is 0.939. The molecule has 2 heteroatoms. The van der Waals surface area contributed by atoms with Crippen molar-refractivity contribution in [3.63, 3.8) is 0 Å². The van der Waals surface area contributed by atoms with Gasteiger partial charge in [-0.05, 0) is 19.3 Å². The largest absolute Gasteiger partial charge is 0.391 e. The molecule has 1 aliphatic carbocycles. The van der Waals surface area contributed by atoms with E-state index in [9.17, 15) is 0 Å². The van der Waals surface area contributed by atoms with Crippen molar-refractivity contribution in [3.8, 4) is 0 Å². The molecule has 2 nitrogen and oxygen atoms in total. The topological polar surface area (TPSA) is 29.5 Å². The number of rotatable bonds is 5. The molecule has 60 valence electrons. The number of aliphatic hydroxyl groups is 1. The van der Waals surface area contributed by atoms with Gasteiger partial charge in [-0.3, -0.25) is 0 Å². The molecule has 0 aromatic rings. The van der Waals surface area contributed by atoms with Gasteiger partial charge in [0.15, 0.2) is 0 Å². The number of hydrogen-bond donors (Lipinski definition) is 1. The molecule has 0 amide bonds. The van der Waals surface area contributed by atoms with Crippen molar-refractivity contribution in [2.24, 2.45) is 5.92 Å². The van der Waals surface area contributed by atoms with Crippen LogP contribution in [0.25, 0.3) is 0 Å². The van der Waals surface area contributed by atoms with E-state index in [4.69, 9.17) is 9.84 Å². The molecule has 1 fully saturated rings. The zero-order chi connectivity index (χ0) is 7.40.